The van der Waals surface area contributed by atoms with Crippen LogP contribution in [0.15, 0.2) is 0 Å². The van der Waals surface area contributed by atoms with Gasteiger partial charge in [-0.25, -0.2) is 4.79 Å². The summed E-state index contributed by atoms with van der Waals surface area (Å²) in [7, 11) is 0. The molecule has 17 heavy (non-hydrogen) atoms. The van der Waals surface area contributed by atoms with Gasteiger partial charge in [0.25, 0.3) is 0 Å². The van der Waals surface area contributed by atoms with Crippen LogP contribution in [0.2, 0.25) is 0 Å². The van der Waals surface area contributed by atoms with Gasteiger partial charge in [0.1, 0.15) is 5.41 Å². The molecule has 1 N–H and O–H groups in total. The van der Waals surface area contributed by atoms with E-state index in [1.165, 1.54) is 0 Å². The standard InChI is InChI=1S/C12H14N2O3/c1-2-3-4-8-14-10(16)12(6-5-7-12)9(15)13-11(14)17/h4-8H2,1H3,(H,13,15,17). The second kappa shape index (κ2) is 4.21. The monoisotopic (exact) mass is 234 g/mol. The Morgan fingerprint density at radius 1 is 1.35 bits per heavy atom. The number of amides is 4. The topological polar surface area (TPSA) is 66.5 Å². The van der Waals surface area contributed by atoms with E-state index in [0.717, 1.165) is 11.3 Å². The van der Waals surface area contributed by atoms with Crippen LogP contribution in [0.5, 0.6) is 0 Å². The fourth-order valence-electron chi connectivity index (χ4n) is 2.20. The third-order valence-corrected chi connectivity index (χ3v) is 3.40. The van der Waals surface area contributed by atoms with Crippen LogP contribution in [0.25, 0.3) is 0 Å². The van der Waals surface area contributed by atoms with Gasteiger partial charge in [0.2, 0.25) is 11.8 Å². The molecule has 5 heteroatoms. The van der Waals surface area contributed by atoms with Gasteiger partial charge in [-0.2, -0.15) is 0 Å². The molecule has 5 nitrogen and oxygen atoms in total. The average molecular weight is 234 g/mol. The van der Waals surface area contributed by atoms with Gasteiger partial charge >= 0.3 is 6.03 Å². The van der Waals surface area contributed by atoms with Crippen molar-refractivity contribution in [1.29, 1.82) is 0 Å². The Bertz CT molecular complexity index is 440. The Morgan fingerprint density at radius 3 is 2.59 bits per heavy atom. The molecular weight excluding hydrogens is 220 g/mol. The predicted molar refractivity (Wildman–Crippen MR) is 59.6 cm³/mol. The molecule has 0 bridgehead atoms. The highest BCUT2D eigenvalue weighted by molar-refractivity contribution is 6.19. The molecular formula is C12H14N2O3. The number of hydrogen-bond acceptors (Lipinski definition) is 3. The summed E-state index contributed by atoms with van der Waals surface area (Å²) in [6.45, 7) is 1.95. The maximum atomic E-state index is 12.1. The van der Waals surface area contributed by atoms with E-state index in [-0.39, 0.29) is 12.5 Å². The van der Waals surface area contributed by atoms with Gasteiger partial charge < -0.3 is 0 Å². The molecule has 1 spiro atoms. The van der Waals surface area contributed by atoms with E-state index in [4.69, 9.17) is 0 Å². The molecule has 2 fully saturated rings. The van der Waals surface area contributed by atoms with Crippen molar-refractivity contribution in [1.82, 2.24) is 10.2 Å². The lowest BCUT2D eigenvalue weighted by molar-refractivity contribution is -0.157. The Kier molecular flexibility index (Phi) is 2.88. The number of barbiturate groups is 1. The van der Waals surface area contributed by atoms with Crippen LogP contribution in [-0.2, 0) is 9.59 Å². The third-order valence-electron chi connectivity index (χ3n) is 3.40. The van der Waals surface area contributed by atoms with Crippen molar-refractivity contribution in [2.75, 3.05) is 6.54 Å². The first-order valence-electron chi connectivity index (χ1n) is 5.69. The number of nitrogens with one attached hydrogen (secondary N) is 1. The summed E-state index contributed by atoms with van der Waals surface area (Å²) < 4.78 is 0. The van der Waals surface area contributed by atoms with E-state index < -0.39 is 17.4 Å². The molecule has 1 saturated heterocycles. The third kappa shape index (κ3) is 1.70. The van der Waals surface area contributed by atoms with Gasteiger partial charge in [-0.3, -0.25) is 19.8 Å². The van der Waals surface area contributed by atoms with E-state index in [2.05, 4.69) is 17.2 Å². The molecule has 90 valence electrons. The Hall–Kier alpha value is -1.83. The highest BCUT2D eigenvalue weighted by Crippen LogP contribution is 2.44. The molecule has 4 amide bonds. The minimum absolute atomic E-state index is 0.251. The lowest BCUT2D eigenvalue weighted by Crippen LogP contribution is -2.66. The predicted octanol–water partition coefficient (Wildman–Crippen LogP) is 0.649. The zero-order valence-corrected chi connectivity index (χ0v) is 9.71. The lowest BCUT2D eigenvalue weighted by Gasteiger charge is -2.44. The van der Waals surface area contributed by atoms with Crippen LogP contribution in [0.4, 0.5) is 4.79 Å². The van der Waals surface area contributed by atoms with E-state index in [1.54, 1.807) is 6.92 Å². The van der Waals surface area contributed by atoms with Crippen molar-refractivity contribution in [2.24, 2.45) is 5.41 Å². The Balaban J connectivity index is 2.14. The number of imide groups is 2. The molecule has 0 atom stereocenters. The van der Waals surface area contributed by atoms with E-state index in [9.17, 15) is 14.4 Å². The summed E-state index contributed by atoms with van der Waals surface area (Å²) in [6.07, 6.45) is 2.39. The number of carbonyl (C=O) groups excluding carboxylic acids is 3. The van der Waals surface area contributed by atoms with Gasteiger partial charge in [-0.05, 0) is 19.8 Å². The summed E-state index contributed by atoms with van der Waals surface area (Å²) in [6, 6.07) is -0.615. The minimum Gasteiger partial charge on any atom is -0.277 e. The zero-order valence-electron chi connectivity index (χ0n) is 9.71. The molecule has 0 unspecified atom stereocenters. The van der Waals surface area contributed by atoms with Crippen LogP contribution in [0.1, 0.15) is 32.6 Å². The number of urea groups is 1. The highest BCUT2D eigenvalue weighted by atomic mass is 16.2. The first-order chi connectivity index (χ1) is 8.12. The molecule has 2 aliphatic rings. The quantitative estimate of drug-likeness (QED) is 0.563. The summed E-state index contributed by atoms with van der Waals surface area (Å²) in [4.78, 5) is 36.5. The van der Waals surface area contributed by atoms with Crippen LogP contribution < -0.4 is 5.32 Å². The van der Waals surface area contributed by atoms with Crippen molar-refractivity contribution >= 4 is 17.8 Å². The average Bonchev–Trinajstić information content (AvgIpc) is 2.20. The molecule has 1 aliphatic carbocycles. The van der Waals surface area contributed by atoms with Crippen molar-refractivity contribution in [3.63, 3.8) is 0 Å². The number of carbonyl (C=O) groups is 3. The fraction of sp³-hybridized carbons (Fsp3) is 0.583. The fourth-order valence-corrected chi connectivity index (χ4v) is 2.20. The Morgan fingerprint density at radius 2 is 2.06 bits per heavy atom. The number of rotatable bonds is 2. The molecule has 1 saturated carbocycles. The number of nitrogens with zero attached hydrogens (tertiary/aromatic N) is 1. The van der Waals surface area contributed by atoms with E-state index in [1.807, 2.05) is 0 Å². The van der Waals surface area contributed by atoms with E-state index in [0.29, 0.717) is 19.3 Å². The molecule has 0 aromatic rings. The number of hydrogen-bond donors (Lipinski definition) is 1. The van der Waals surface area contributed by atoms with Crippen LogP contribution in [0.3, 0.4) is 0 Å². The SMILES string of the molecule is CC#CCCN1C(=O)NC(=O)C2(CCC2)C1=O. The molecule has 1 heterocycles. The second-order valence-electron chi connectivity index (χ2n) is 4.33. The van der Waals surface area contributed by atoms with Crippen molar-refractivity contribution in [3.05, 3.63) is 0 Å². The van der Waals surface area contributed by atoms with Crippen LogP contribution >= 0.6 is 0 Å². The molecule has 0 aromatic heterocycles. The summed E-state index contributed by atoms with van der Waals surface area (Å²) >= 11 is 0. The van der Waals surface area contributed by atoms with Crippen LogP contribution in [-0.4, -0.2) is 29.3 Å². The van der Waals surface area contributed by atoms with Crippen molar-refractivity contribution in [3.8, 4) is 11.8 Å². The smallest absolute Gasteiger partial charge is 0.277 e. The first-order valence-corrected chi connectivity index (χ1v) is 5.69. The zero-order chi connectivity index (χ0) is 12.5. The van der Waals surface area contributed by atoms with Gasteiger partial charge in [-0.15, -0.1) is 11.8 Å². The summed E-state index contributed by atoms with van der Waals surface area (Å²) in [5.74, 6) is 4.73. The molecule has 2 rings (SSSR count). The van der Waals surface area contributed by atoms with Crippen molar-refractivity contribution < 1.29 is 14.4 Å². The maximum Gasteiger partial charge on any atom is 0.330 e. The summed E-state index contributed by atoms with van der Waals surface area (Å²) in [5.41, 5.74) is -0.965. The van der Waals surface area contributed by atoms with Crippen LogP contribution in [0, 0.1) is 17.3 Å². The first kappa shape index (κ1) is 11.6. The molecule has 0 radical (unpaired) electrons. The normalized spacial score (nSPS) is 21.7. The lowest BCUT2D eigenvalue weighted by atomic mass is 9.66. The van der Waals surface area contributed by atoms with Gasteiger partial charge in [0.05, 0.1) is 0 Å². The van der Waals surface area contributed by atoms with Gasteiger partial charge in [0.15, 0.2) is 0 Å². The van der Waals surface area contributed by atoms with Gasteiger partial charge in [-0.1, -0.05) is 6.42 Å². The van der Waals surface area contributed by atoms with E-state index >= 15 is 0 Å². The maximum absolute atomic E-state index is 12.1. The van der Waals surface area contributed by atoms with Crippen molar-refractivity contribution in [2.45, 2.75) is 32.6 Å². The largest absolute Gasteiger partial charge is 0.330 e. The highest BCUT2D eigenvalue weighted by Gasteiger charge is 2.57. The summed E-state index contributed by atoms with van der Waals surface area (Å²) in [5, 5.41) is 2.26. The van der Waals surface area contributed by atoms with Gasteiger partial charge in [0, 0.05) is 13.0 Å². The second-order valence-corrected chi connectivity index (χ2v) is 4.33. The molecule has 0 aromatic carbocycles. The molecule has 1 aliphatic heterocycles. The minimum atomic E-state index is -0.965. The Labute approximate surface area is 99.5 Å².